The Labute approximate surface area is 174 Å². The lowest BCUT2D eigenvalue weighted by Gasteiger charge is -2.26. The van der Waals surface area contributed by atoms with Gasteiger partial charge in [0.25, 0.3) is 0 Å². The maximum Gasteiger partial charge on any atom is 0.239 e. The summed E-state index contributed by atoms with van der Waals surface area (Å²) in [6.45, 7) is 3.55. The van der Waals surface area contributed by atoms with Crippen LogP contribution in [0.25, 0.3) is 0 Å². The van der Waals surface area contributed by atoms with E-state index in [1.165, 1.54) is 5.56 Å². The molecule has 1 fully saturated rings. The molecular weight excluding hydrogens is 441 g/mol. The smallest absolute Gasteiger partial charge is 0.239 e. The molecule has 1 heterocycles. The van der Waals surface area contributed by atoms with Crippen molar-refractivity contribution in [2.45, 2.75) is 31.8 Å². The van der Waals surface area contributed by atoms with Gasteiger partial charge in [-0.1, -0.05) is 30.3 Å². The Bertz CT molecular complexity index is 564. The molecule has 1 saturated heterocycles. The molecular formula is C19H32IN5O. The van der Waals surface area contributed by atoms with Crippen LogP contribution < -0.4 is 10.6 Å². The number of likely N-dealkylation sites (tertiary alicyclic amines) is 1. The van der Waals surface area contributed by atoms with Crippen LogP contribution in [0.15, 0.2) is 35.3 Å². The molecule has 1 amide bonds. The Hall–Kier alpha value is -1.35. The topological polar surface area (TPSA) is 60.0 Å². The van der Waals surface area contributed by atoms with E-state index in [0.717, 1.165) is 51.4 Å². The minimum Gasteiger partial charge on any atom is -0.356 e. The third kappa shape index (κ3) is 7.11. The van der Waals surface area contributed by atoms with Crippen LogP contribution in [0, 0.1) is 0 Å². The zero-order chi connectivity index (χ0) is 18.1. The number of likely N-dealkylation sites (N-methyl/N-ethyl adjacent to an activating group) is 1. The molecule has 1 atom stereocenters. The predicted octanol–water partition coefficient (Wildman–Crippen LogP) is 1.91. The van der Waals surface area contributed by atoms with Crippen LogP contribution in [0.2, 0.25) is 0 Å². The number of hydrogen-bond acceptors (Lipinski definition) is 3. The first-order valence-corrected chi connectivity index (χ1v) is 9.05. The normalized spacial score (nSPS) is 17.5. The monoisotopic (exact) mass is 473 g/mol. The van der Waals surface area contributed by atoms with Gasteiger partial charge in [0.2, 0.25) is 5.91 Å². The molecule has 0 aliphatic carbocycles. The fourth-order valence-corrected chi connectivity index (χ4v) is 3.16. The molecule has 1 unspecified atom stereocenters. The predicted molar refractivity (Wildman–Crippen MR) is 118 cm³/mol. The van der Waals surface area contributed by atoms with Crippen molar-refractivity contribution in [3.8, 4) is 0 Å². The van der Waals surface area contributed by atoms with Crippen LogP contribution >= 0.6 is 24.0 Å². The molecule has 1 aromatic rings. The maximum atomic E-state index is 12.2. The van der Waals surface area contributed by atoms with E-state index in [-0.39, 0.29) is 35.9 Å². The molecule has 0 radical (unpaired) electrons. The summed E-state index contributed by atoms with van der Waals surface area (Å²) in [5.74, 6) is 1.04. The second-order valence-electron chi connectivity index (χ2n) is 6.62. The summed E-state index contributed by atoms with van der Waals surface area (Å²) in [6, 6.07) is 10.3. The maximum absolute atomic E-state index is 12.2. The first kappa shape index (κ1) is 22.7. The van der Waals surface area contributed by atoms with Gasteiger partial charge in [0, 0.05) is 40.8 Å². The van der Waals surface area contributed by atoms with Gasteiger partial charge >= 0.3 is 0 Å². The minimum absolute atomic E-state index is 0. The number of nitrogens with one attached hydrogen (secondary N) is 2. The number of nitrogens with zero attached hydrogens (tertiary/aromatic N) is 3. The molecule has 0 aromatic heterocycles. The van der Waals surface area contributed by atoms with Crippen molar-refractivity contribution in [3.63, 3.8) is 0 Å². The van der Waals surface area contributed by atoms with E-state index >= 15 is 0 Å². The second kappa shape index (κ2) is 12.1. The van der Waals surface area contributed by atoms with Crippen molar-refractivity contribution < 1.29 is 4.79 Å². The van der Waals surface area contributed by atoms with Crippen LogP contribution in [-0.4, -0.2) is 68.5 Å². The van der Waals surface area contributed by atoms with Crippen LogP contribution in [0.5, 0.6) is 0 Å². The first-order chi connectivity index (χ1) is 12.1. The van der Waals surface area contributed by atoms with Crippen molar-refractivity contribution in [2.75, 3.05) is 40.8 Å². The van der Waals surface area contributed by atoms with E-state index in [1.54, 1.807) is 11.9 Å². The summed E-state index contributed by atoms with van der Waals surface area (Å²) in [7, 11) is 5.46. The highest BCUT2D eigenvalue weighted by molar-refractivity contribution is 14.0. The zero-order valence-corrected chi connectivity index (χ0v) is 18.4. The Balaban J connectivity index is 0.00000338. The van der Waals surface area contributed by atoms with Gasteiger partial charge in [-0.3, -0.25) is 14.7 Å². The standard InChI is InChI=1S/C19H31N5O.HI/c1-20-19(22-15-16-9-5-4-6-10-16)21-12-8-14-24-13-7-11-17(24)18(25)23(2)3;/h4-6,9-10,17H,7-8,11-15H2,1-3H3,(H2,20,21,22);1H. The average Bonchev–Trinajstić information content (AvgIpc) is 3.09. The summed E-state index contributed by atoms with van der Waals surface area (Å²) < 4.78 is 0. The molecule has 1 aliphatic heterocycles. The van der Waals surface area contributed by atoms with Crippen LogP contribution in [0.4, 0.5) is 0 Å². The van der Waals surface area contributed by atoms with E-state index < -0.39 is 0 Å². The highest BCUT2D eigenvalue weighted by Gasteiger charge is 2.30. The van der Waals surface area contributed by atoms with E-state index in [9.17, 15) is 4.79 Å². The van der Waals surface area contributed by atoms with Crippen LogP contribution in [0.3, 0.4) is 0 Å². The Morgan fingerprint density at radius 2 is 2.00 bits per heavy atom. The van der Waals surface area contributed by atoms with E-state index in [2.05, 4.69) is 32.7 Å². The van der Waals surface area contributed by atoms with Gasteiger partial charge in [0.1, 0.15) is 0 Å². The fraction of sp³-hybridized carbons (Fsp3) is 0.579. The highest BCUT2D eigenvalue weighted by Crippen LogP contribution is 2.18. The summed E-state index contributed by atoms with van der Waals surface area (Å²) in [6.07, 6.45) is 3.08. The number of carbonyl (C=O) groups is 1. The number of halogens is 1. The van der Waals surface area contributed by atoms with Gasteiger partial charge in [0.15, 0.2) is 5.96 Å². The van der Waals surface area contributed by atoms with Crippen molar-refractivity contribution in [1.29, 1.82) is 0 Å². The third-order valence-electron chi connectivity index (χ3n) is 4.53. The number of guanidine groups is 1. The molecule has 7 heteroatoms. The van der Waals surface area contributed by atoms with E-state index in [4.69, 9.17) is 0 Å². The average molecular weight is 473 g/mol. The van der Waals surface area contributed by atoms with E-state index in [1.807, 2.05) is 32.3 Å². The van der Waals surface area contributed by atoms with Crippen molar-refractivity contribution >= 4 is 35.8 Å². The molecule has 146 valence electrons. The molecule has 2 rings (SSSR count). The molecule has 6 nitrogen and oxygen atoms in total. The Kier molecular flexibility index (Phi) is 10.6. The lowest BCUT2D eigenvalue weighted by Crippen LogP contribution is -2.44. The fourth-order valence-electron chi connectivity index (χ4n) is 3.16. The molecule has 0 saturated carbocycles. The number of rotatable bonds is 7. The Morgan fingerprint density at radius 3 is 2.65 bits per heavy atom. The van der Waals surface area contributed by atoms with Crippen molar-refractivity contribution in [2.24, 2.45) is 4.99 Å². The molecule has 0 spiro atoms. The van der Waals surface area contributed by atoms with Gasteiger partial charge in [-0.15, -0.1) is 24.0 Å². The number of carbonyl (C=O) groups excluding carboxylic acids is 1. The van der Waals surface area contributed by atoms with Gasteiger partial charge < -0.3 is 15.5 Å². The molecule has 1 aliphatic rings. The number of aliphatic imine (C=N–C) groups is 1. The molecule has 2 N–H and O–H groups in total. The lowest BCUT2D eigenvalue weighted by atomic mass is 10.2. The largest absolute Gasteiger partial charge is 0.356 e. The number of amides is 1. The van der Waals surface area contributed by atoms with Crippen LogP contribution in [0.1, 0.15) is 24.8 Å². The van der Waals surface area contributed by atoms with Gasteiger partial charge in [-0.2, -0.15) is 0 Å². The van der Waals surface area contributed by atoms with Gasteiger partial charge in [-0.05, 0) is 31.4 Å². The van der Waals surface area contributed by atoms with Crippen molar-refractivity contribution in [1.82, 2.24) is 20.4 Å². The van der Waals surface area contributed by atoms with Crippen molar-refractivity contribution in [3.05, 3.63) is 35.9 Å². The second-order valence-corrected chi connectivity index (χ2v) is 6.62. The summed E-state index contributed by atoms with van der Waals surface area (Å²) in [5, 5.41) is 6.67. The van der Waals surface area contributed by atoms with Gasteiger partial charge in [-0.25, -0.2) is 0 Å². The van der Waals surface area contributed by atoms with Gasteiger partial charge in [0.05, 0.1) is 6.04 Å². The quantitative estimate of drug-likeness (QED) is 0.275. The Morgan fingerprint density at radius 1 is 1.27 bits per heavy atom. The third-order valence-corrected chi connectivity index (χ3v) is 4.53. The zero-order valence-electron chi connectivity index (χ0n) is 16.1. The molecule has 1 aromatic carbocycles. The summed E-state index contributed by atoms with van der Waals surface area (Å²) in [4.78, 5) is 20.5. The first-order valence-electron chi connectivity index (χ1n) is 9.05. The highest BCUT2D eigenvalue weighted by atomic mass is 127. The summed E-state index contributed by atoms with van der Waals surface area (Å²) in [5.41, 5.74) is 1.23. The summed E-state index contributed by atoms with van der Waals surface area (Å²) >= 11 is 0. The SMILES string of the molecule is CN=C(NCCCN1CCCC1C(=O)N(C)C)NCc1ccccc1.I. The van der Waals surface area contributed by atoms with E-state index in [0.29, 0.717) is 0 Å². The number of hydrogen-bond donors (Lipinski definition) is 2. The molecule has 0 bridgehead atoms. The minimum atomic E-state index is 0. The number of benzene rings is 1. The molecule has 26 heavy (non-hydrogen) atoms. The van der Waals surface area contributed by atoms with Crippen LogP contribution in [-0.2, 0) is 11.3 Å². The lowest BCUT2D eigenvalue weighted by molar-refractivity contribution is -0.133.